The SMILES string of the molecule is COc1ccc2c3c1O[C@H]1[C@@]4(OC)CC[C@@]5(C[C@@H]4C(C)(C)O)[C@@H](C2)N(C)CC[C@]315. The summed E-state index contributed by atoms with van der Waals surface area (Å²) in [6.07, 6.45) is 5.15. The number of fused-ring (bicyclic) bond motifs is 2. The molecule has 4 aliphatic carbocycles. The van der Waals surface area contributed by atoms with Crippen molar-refractivity contribution in [2.24, 2.45) is 11.3 Å². The minimum atomic E-state index is -0.819. The Kier molecular flexibility index (Phi) is 3.37. The van der Waals surface area contributed by atoms with E-state index in [2.05, 4.69) is 24.1 Å². The van der Waals surface area contributed by atoms with Crippen molar-refractivity contribution in [3.8, 4) is 11.5 Å². The maximum atomic E-state index is 11.3. The van der Waals surface area contributed by atoms with E-state index in [1.165, 1.54) is 11.1 Å². The summed E-state index contributed by atoms with van der Waals surface area (Å²) in [4.78, 5) is 2.58. The maximum Gasteiger partial charge on any atom is 0.165 e. The lowest BCUT2D eigenvalue weighted by Crippen LogP contribution is -2.82. The Morgan fingerprint density at radius 2 is 2.00 bits per heavy atom. The molecule has 6 atom stereocenters. The van der Waals surface area contributed by atoms with Gasteiger partial charge < -0.3 is 24.2 Å². The number of benzene rings is 1. The summed E-state index contributed by atoms with van der Waals surface area (Å²) in [6, 6.07) is 4.82. The number of aliphatic hydroxyl groups is 1. The summed E-state index contributed by atoms with van der Waals surface area (Å²) in [7, 11) is 5.85. The Hall–Kier alpha value is -1.30. The van der Waals surface area contributed by atoms with Crippen LogP contribution in [0.2, 0.25) is 0 Å². The highest BCUT2D eigenvalue weighted by Gasteiger charge is 2.81. The van der Waals surface area contributed by atoms with Crippen molar-refractivity contribution in [1.29, 1.82) is 0 Å². The van der Waals surface area contributed by atoms with Gasteiger partial charge >= 0.3 is 0 Å². The minimum absolute atomic E-state index is 0.0440. The van der Waals surface area contributed by atoms with E-state index in [-0.39, 0.29) is 22.9 Å². The number of likely N-dealkylation sites (N-methyl/N-ethyl adjacent to an activating group) is 1. The Balaban J connectivity index is 1.68. The molecule has 2 aliphatic heterocycles. The molecule has 7 rings (SSSR count). The molecule has 2 spiro atoms. The number of nitrogens with zero attached hydrogens (tertiary/aromatic N) is 1. The second kappa shape index (κ2) is 5.30. The zero-order valence-corrected chi connectivity index (χ0v) is 18.2. The fourth-order valence-electron chi connectivity index (χ4n) is 8.66. The van der Waals surface area contributed by atoms with Gasteiger partial charge in [-0.15, -0.1) is 0 Å². The summed E-state index contributed by atoms with van der Waals surface area (Å²) in [5, 5.41) is 11.3. The van der Waals surface area contributed by atoms with Crippen molar-refractivity contribution >= 4 is 0 Å². The monoisotopic (exact) mass is 399 g/mol. The third-order valence-electron chi connectivity index (χ3n) is 9.68. The molecular weight excluding hydrogens is 366 g/mol. The number of hydrogen-bond donors (Lipinski definition) is 1. The maximum absolute atomic E-state index is 11.3. The van der Waals surface area contributed by atoms with E-state index in [1.807, 2.05) is 21.0 Å². The molecule has 0 aromatic heterocycles. The zero-order chi connectivity index (χ0) is 20.4. The normalized spacial score (nSPS) is 44.4. The molecule has 158 valence electrons. The molecule has 5 nitrogen and oxygen atoms in total. The molecule has 0 unspecified atom stereocenters. The molecule has 3 saturated carbocycles. The highest BCUT2D eigenvalue weighted by Crippen LogP contribution is 2.77. The molecule has 1 aromatic carbocycles. The van der Waals surface area contributed by atoms with Crippen LogP contribution in [0.15, 0.2) is 12.1 Å². The summed E-state index contributed by atoms with van der Waals surface area (Å²) < 4.78 is 19.1. The van der Waals surface area contributed by atoms with Crippen LogP contribution in [0.25, 0.3) is 0 Å². The van der Waals surface area contributed by atoms with E-state index >= 15 is 0 Å². The number of methoxy groups -OCH3 is 2. The molecule has 1 aromatic rings. The van der Waals surface area contributed by atoms with Crippen LogP contribution in [0.3, 0.4) is 0 Å². The molecule has 0 radical (unpaired) electrons. The molecule has 5 heteroatoms. The van der Waals surface area contributed by atoms with Gasteiger partial charge in [-0.25, -0.2) is 0 Å². The van der Waals surface area contributed by atoms with Gasteiger partial charge in [0, 0.05) is 35.5 Å². The van der Waals surface area contributed by atoms with Gasteiger partial charge in [0.2, 0.25) is 0 Å². The van der Waals surface area contributed by atoms with Gasteiger partial charge in [0.15, 0.2) is 11.5 Å². The number of likely N-dealkylation sites (tertiary alicyclic amines) is 1. The van der Waals surface area contributed by atoms with Crippen molar-refractivity contribution in [2.45, 2.75) is 74.7 Å². The number of ether oxygens (including phenoxy) is 3. The standard InChI is InChI=1S/C24H33NO4/c1-21(2,26)16-13-22-8-9-24(16,28-5)20-23(22)10-11-25(3)17(22)12-14-6-7-15(27-4)19(29-20)18(14)23/h6-7,16-17,20,26H,8-13H2,1-5H3/t16-,17-,20-,22-,23+,24-/m1/s1. The highest BCUT2D eigenvalue weighted by atomic mass is 16.6. The lowest BCUT2D eigenvalue weighted by molar-refractivity contribution is -0.298. The first-order chi connectivity index (χ1) is 13.7. The van der Waals surface area contributed by atoms with Gasteiger partial charge in [-0.3, -0.25) is 0 Å². The fourth-order valence-corrected chi connectivity index (χ4v) is 8.66. The third-order valence-corrected chi connectivity index (χ3v) is 9.68. The van der Waals surface area contributed by atoms with Crippen LogP contribution in [0.4, 0.5) is 0 Å². The molecule has 0 amide bonds. The van der Waals surface area contributed by atoms with E-state index < -0.39 is 11.2 Å². The minimum Gasteiger partial charge on any atom is -0.493 e. The molecule has 1 saturated heterocycles. The van der Waals surface area contributed by atoms with E-state index in [9.17, 15) is 5.11 Å². The van der Waals surface area contributed by atoms with E-state index in [1.54, 1.807) is 7.11 Å². The molecular formula is C24H33NO4. The van der Waals surface area contributed by atoms with Gasteiger partial charge in [0.05, 0.1) is 12.7 Å². The third kappa shape index (κ3) is 1.78. The van der Waals surface area contributed by atoms with Gasteiger partial charge in [0.25, 0.3) is 0 Å². The van der Waals surface area contributed by atoms with E-state index in [4.69, 9.17) is 14.2 Å². The van der Waals surface area contributed by atoms with Crippen LogP contribution in [0.1, 0.15) is 50.7 Å². The van der Waals surface area contributed by atoms with Crippen molar-refractivity contribution in [3.05, 3.63) is 23.3 Å². The molecule has 1 N–H and O–H groups in total. The molecule has 29 heavy (non-hydrogen) atoms. The van der Waals surface area contributed by atoms with Gasteiger partial charge in [0.1, 0.15) is 11.7 Å². The lowest BCUT2D eigenvalue weighted by atomic mass is 9.34. The number of rotatable bonds is 3. The Morgan fingerprint density at radius 3 is 2.69 bits per heavy atom. The second-order valence-corrected chi connectivity index (χ2v) is 10.8. The summed E-state index contributed by atoms with van der Waals surface area (Å²) >= 11 is 0. The fraction of sp³-hybridized carbons (Fsp3) is 0.750. The summed E-state index contributed by atoms with van der Waals surface area (Å²) in [5.74, 6) is 1.83. The van der Waals surface area contributed by atoms with Gasteiger partial charge in [-0.1, -0.05) is 6.07 Å². The van der Waals surface area contributed by atoms with Crippen LogP contribution in [-0.4, -0.2) is 61.2 Å². The molecule has 4 fully saturated rings. The summed E-state index contributed by atoms with van der Waals surface area (Å²) in [5.41, 5.74) is 1.60. The predicted molar refractivity (Wildman–Crippen MR) is 110 cm³/mol. The second-order valence-electron chi connectivity index (χ2n) is 10.8. The van der Waals surface area contributed by atoms with Crippen molar-refractivity contribution < 1.29 is 19.3 Å². The van der Waals surface area contributed by atoms with Crippen molar-refractivity contribution in [3.63, 3.8) is 0 Å². The van der Waals surface area contributed by atoms with Crippen LogP contribution in [0.5, 0.6) is 11.5 Å². The van der Waals surface area contributed by atoms with E-state index in [0.717, 1.165) is 50.1 Å². The Morgan fingerprint density at radius 1 is 1.21 bits per heavy atom. The Labute approximate surface area is 173 Å². The first-order valence-electron chi connectivity index (χ1n) is 11.1. The van der Waals surface area contributed by atoms with E-state index in [0.29, 0.717) is 6.04 Å². The zero-order valence-electron chi connectivity index (χ0n) is 18.2. The van der Waals surface area contributed by atoms with Crippen LogP contribution < -0.4 is 9.47 Å². The quantitative estimate of drug-likeness (QED) is 0.847. The van der Waals surface area contributed by atoms with Crippen molar-refractivity contribution in [1.82, 2.24) is 4.90 Å². The molecule has 6 aliphatic rings. The summed E-state index contributed by atoms with van der Waals surface area (Å²) in [6.45, 7) is 4.99. The first kappa shape index (κ1) is 18.5. The average molecular weight is 400 g/mol. The van der Waals surface area contributed by atoms with Crippen LogP contribution in [0, 0.1) is 11.3 Å². The van der Waals surface area contributed by atoms with Crippen LogP contribution in [-0.2, 0) is 16.6 Å². The lowest BCUT2D eigenvalue weighted by Gasteiger charge is -2.74. The number of piperidine rings is 1. The molecule has 2 heterocycles. The van der Waals surface area contributed by atoms with Gasteiger partial charge in [-0.2, -0.15) is 0 Å². The predicted octanol–water partition coefficient (Wildman–Crippen LogP) is 2.91. The van der Waals surface area contributed by atoms with Crippen LogP contribution >= 0.6 is 0 Å². The average Bonchev–Trinajstić information content (AvgIpc) is 3.06. The topological polar surface area (TPSA) is 51.2 Å². The number of hydrogen-bond acceptors (Lipinski definition) is 5. The molecule has 4 bridgehead atoms. The first-order valence-corrected chi connectivity index (χ1v) is 11.1. The van der Waals surface area contributed by atoms with Crippen molar-refractivity contribution in [2.75, 3.05) is 27.8 Å². The van der Waals surface area contributed by atoms with Gasteiger partial charge in [-0.05, 0) is 71.2 Å². The smallest absolute Gasteiger partial charge is 0.165 e. The highest BCUT2D eigenvalue weighted by molar-refractivity contribution is 5.63. The Bertz CT molecular complexity index is 894. The largest absolute Gasteiger partial charge is 0.493 e.